The number of halogens is 1. The fraction of sp³-hybridized carbons (Fsp3) is 0.143. The van der Waals surface area contributed by atoms with Gasteiger partial charge < -0.3 is 11.1 Å². The van der Waals surface area contributed by atoms with E-state index in [4.69, 9.17) is 17.3 Å². The fourth-order valence-corrected chi connectivity index (χ4v) is 2.50. The van der Waals surface area contributed by atoms with Crippen molar-refractivity contribution in [2.45, 2.75) is 11.3 Å². The van der Waals surface area contributed by atoms with Crippen LogP contribution >= 0.6 is 23.4 Å². The number of pyridine rings is 1. The quantitative estimate of drug-likeness (QED) is 0.656. The van der Waals surface area contributed by atoms with Crippen molar-refractivity contribution < 1.29 is 4.79 Å². The summed E-state index contributed by atoms with van der Waals surface area (Å²) in [6, 6.07) is 8.88. The van der Waals surface area contributed by atoms with Gasteiger partial charge in [-0.15, -0.1) is 11.8 Å². The summed E-state index contributed by atoms with van der Waals surface area (Å²) < 4.78 is 0. The van der Waals surface area contributed by atoms with E-state index in [1.165, 1.54) is 0 Å². The number of nitrogens with zero attached hydrogens (tertiary/aromatic N) is 1. The average Bonchev–Trinajstić information content (AvgIpc) is 2.44. The number of hydrogen-bond acceptors (Lipinski definition) is 4. The predicted octanol–water partition coefficient (Wildman–Crippen LogP) is 3.44. The molecular formula is C14H14ClN3OS. The van der Waals surface area contributed by atoms with E-state index < -0.39 is 0 Å². The van der Waals surface area contributed by atoms with Gasteiger partial charge in [0.1, 0.15) is 0 Å². The SMILES string of the molecule is Nc1cc(NC(=O)CCSc2ccncc2)ccc1Cl. The molecule has 4 nitrogen and oxygen atoms in total. The minimum atomic E-state index is -0.0479. The van der Waals surface area contributed by atoms with Gasteiger partial charge in [0, 0.05) is 35.2 Å². The molecule has 0 aliphatic heterocycles. The highest BCUT2D eigenvalue weighted by molar-refractivity contribution is 7.99. The number of thioether (sulfide) groups is 1. The second-order valence-electron chi connectivity index (χ2n) is 4.07. The first-order valence-electron chi connectivity index (χ1n) is 6.03. The van der Waals surface area contributed by atoms with Crippen LogP contribution < -0.4 is 11.1 Å². The molecule has 0 atom stereocenters. The van der Waals surface area contributed by atoms with Crippen molar-refractivity contribution in [3.63, 3.8) is 0 Å². The van der Waals surface area contributed by atoms with E-state index in [0.717, 1.165) is 4.90 Å². The maximum atomic E-state index is 11.8. The molecule has 2 rings (SSSR count). The minimum absolute atomic E-state index is 0.0479. The second kappa shape index (κ2) is 7.17. The number of rotatable bonds is 5. The molecule has 0 fully saturated rings. The number of anilines is 2. The summed E-state index contributed by atoms with van der Waals surface area (Å²) >= 11 is 7.44. The molecular weight excluding hydrogens is 294 g/mol. The Morgan fingerprint density at radius 3 is 2.75 bits per heavy atom. The fourth-order valence-electron chi connectivity index (χ4n) is 1.54. The Kier molecular flexibility index (Phi) is 5.26. The molecule has 1 aromatic carbocycles. The van der Waals surface area contributed by atoms with Crippen molar-refractivity contribution in [1.29, 1.82) is 0 Å². The van der Waals surface area contributed by atoms with Crippen molar-refractivity contribution >= 4 is 40.6 Å². The van der Waals surface area contributed by atoms with Gasteiger partial charge in [0.15, 0.2) is 0 Å². The highest BCUT2D eigenvalue weighted by Crippen LogP contribution is 2.23. The summed E-state index contributed by atoms with van der Waals surface area (Å²) in [6.45, 7) is 0. The summed E-state index contributed by atoms with van der Waals surface area (Å²) in [5.74, 6) is 0.659. The maximum absolute atomic E-state index is 11.8. The van der Waals surface area contributed by atoms with Gasteiger partial charge in [-0.1, -0.05) is 11.6 Å². The van der Waals surface area contributed by atoms with E-state index in [1.807, 2.05) is 12.1 Å². The third kappa shape index (κ3) is 4.43. The van der Waals surface area contributed by atoms with E-state index in [1.54, 1.807) is 42.4 Å². The Morgan fingerprint density at radius 2 is 2.05 bits per heavy atom. The van der Waals surface area contributed by atoms with Gasteiger partial charge in [-0.3, -0.25) is 9.78 Å². The second-order valence-corrected chi connectivity index (χ2v) is 5.64. The highest BCUT2D eigenvalue weighted by atomic mass is 35.5. The number of carbonyl (C=O) groups excluding carboxylic acids is 1. The number of nitrogen functional groups attached to an aromatic ring is 1. The number of amides is 1. The average molecular weight is 308 g/mol. The maximum Gasteiger partial charge on any atom is 0.225 e. The third-order valence-corrected chi connectivity index (χ3v) is 3.89. The Balaban J connectivity index is 1.79. The van der Waals surface area contributed by atoms with Crippen molar-refractivity contribution in [2.75, 3.05) is 16.8 Å². The Morgan fingerprint density at radius 1 is 1.30 bits per heavy atom. The lowest BCUT2D eigenvalue weighted by atomic mass is 10.2. The topological polar surface area (TPSA) is 68.0 Å². The number of benzene rings is 1. The van der Waals surface area contributed by atoms with Crippen molar-refractivity contribution in [2.24, 2.45) is 0 Å². The van der Waals surface area contributed by atoms with Crippen LogP contribution in [0.2, 0.25) is 5.02 Å². The first-order valence-corrected chi connectivity index (χ1v) is 7.39. The summed E-state index contributed by atoms with van der Waals surface area (Å²) in [6.07, 6.45) is 3.90. The lowest BCUT2D eigenvalue weighted by molar-refractivity contribution is -0.115. The zero-order valence-corrected chi connectivity index (χ0v) is 12.2. The van der Waals surface area contributed by atoms with Crippen LogP contribution in [-0.4, -0.2) is 16.6 Å². The third-order valence-electron chi connectivity index (χ3n) is 2.53. The Labute approximate surface area is 126 Å². The number of carbonyl (C=O) groups is 1. The molecule has 2 aromatic rings. The molecule has 0 unspecified atom stereocenters. The van der Waals surface area contributed by atoms with Crippen LogP contribution in [-0.2, 0) is 4.79 Å². The van der Waals surface area contributed by atoms with Crippen LogP contribution in [0.15, 0.2) is 47.6 Å². The summed E-state index contributed by atoms with van der Waals surface area (Å²) in [4.78, 5) is 16.8. The molecule has 0 bridgehead atoms. The van der Waals surface area contributed by atoms with Gasteiger partial charge in [-0.2, -0.15) is 0 Å². The summed E-state index contributed by atoms with van der Waals surface area (Å²) in [7, 11) is 0. The molecule has 0 saturated carbocycles. The Bertz CT molecular complexity index is 592. The molecule has 6 heteroatoms. The minimum Gasteiger partial charge on any atom is -0.397 e. The van der Waals surface area contributed by atoms with Crippen molar-refractivity contribution in [3.05, 3.63) is 47.7 Å². The van der Waals surface area contributed by atoms with E-state index in [2.05, 4.69) is 10.3 Å². The summed E-state index contributed by atoms with van der Waals surface area (Å²) in [5, 5.41) is 3.28. The van der Waals surface area contributed by atoms with Crippen molar-refractivity contribution in [3.8, 4) is 0 Å². The van der Waals surface area contributed by atoms with Crippen LogP contribution in [0.1, 0.15) is 6.42 Å². The molecule has 0 radical (unpaired) electrons. The first-order chi connectivity index (χ1) is 9.65. The molecule has 20 heavy (non-hydrogen) atoms. The number of nitrogens with one attached hydrogen (secondary N) is 1. The summed E-state index contributed by atoms with van der Waals surface area (Å²) in [5.41, 5.74) is 6.79. The number of hydrogen-bond donors (Lipinski definition) is 2. The molecule has 1 aromatic heterocycles. The van der Waals surface area contributed by atoms with Gasteiger partial charge in [0.05, 0.1) is 10.7 Å². The van der Waals surface area contributed by atoms with Crippen LogP contribution in [0.3, 0.4) is 0 Å². The molecule has 0 aliphatic rings. The molecule has 0 spiro atoms. The van der Waals surface area contributed by atoms with Gasteiger partial charge in [0.25, 0.3) is 0 Å². The highest BCUT2D eigenvalue weighted by Gasteiger charge is 2.04. The van der Waals surface area contributed by atoms with Gasteiger partial charge in [-0.25, -0.2) is 0 Å². The zero-order chi connectivity index (χ0) is 14.4. The molecule has 1 amide bonds. The van der Waals surface area contributed by atoms with Crippen LogP contribution in [0.5, 0.6) is 0 Å². The molecule has 0 saturated heterocycles. The van der Waals surface area contributed by atoms with Gasteiger partial charge >= 0.3 is 0 Å². The van der Waals surface area contributed by atoms with Gasteiger partial charge in [-0.05, 0) is 30.3 Å². The first kappa shape index (κ1) is 14.7. The van der Waals surface area contributed by atoms with E-state index in [0.29, 0.717) is 28.6 Å². The smallest absolute Gasteiger partial charge is 0.225 e. The largest absolute Gasteiger partial charge is 0.397 e. The van der Waals surface area contributed by atoms with E-state index in [9.17, 15) is 4.79 Å². The Hall–Kier alpha value is -1.72. The molecule has 104 valence electrons. The lowest BCUT2D eigenvalue weighted by Gasteiger charge is -2.07. The molecule has 1 heterocycles. The van der Waals surface area contributed by atoms with E-state index in [-0.39, 0.29) is 5.91 Å². The van der Waals surface area contributed by atoms with Crippen LogP contribution in [0.4, 0.5) is 11.4 Å². The predicted molar refractivity (Wildman–Crippen MR) is 84.1 cm³/mol. The standard InChI is InChI=1S/C14H14ClN3OS/c15-12-2-1-10(9-13(12)16)18-14(19)5-8-20-11-3-6-17-7-4-11/h1-4,6-7,9H,5,8,16H2,(H,18,19). The molecule has 0 aliphatic carbocycles. The zero-order valence-electron chi connectivity index (χ0n) is 10.7. The monoisotopic (exact) mass is 307 g/mol. The lowest BCUT2D eigenvalue weighted by Crippen LogP contribution is -2.12. The van der Waals surface area contributed by atoms with Gasteiger partial charge in [0.2, 0.25) is 5.91 Å². The van der Waals surface area contributed by atoms with Crippen LogP contribution in [0.25, 0.3) is 0 Å². The van der Waals surface area contributed by atoms with Crippen molar-refractivity contribution in [1.82, 2.24) is 4.98 Å². The number of nitrogens with two attached hydrogens (primary N) is 1. The van der Waals surface area contributed by atoms with Crippen LogP contribution in [0, 0.1) is 0 Å². The van der Waals surface area contributed by atoms with E-state index >= 15 is 0 Å². The normalized spacial score (nSPS) is 10.2. The number of aromatic nitrogens is 1. The molecule has 3 N–H and O–H groups in total.